The number of rotatable bonds is 6. The minimum atomic E-state index is -0.339. The van der Waals surface area contributed by atoms with Crippen molar-refractivity contribution in [2.75, 3.05) is 24.3 Å². The van der Waals surface area contributed by atoms with E-state index in [0.717, 1.165) is 16.8 Å². The van der Waals surface area contributed by atoms with E-state index in [1.807, 2.05) is 50.2 Å². The molecule has 0 radical (unpaired) electrons. The molecule has 1 aromatic carbocycles. The highest BCUT2D eigenvalue weighted by molar-refractivity contribution is 7.18. The zero-order valence-electron chi connectivity index (χ0n) is 15.4. The zero-order chi connectivity index (χ0) is 19.4. The summed E-state index contributed by atoms with van der Waals surface area (Å²) in [4.78, 5) is 27.2. The fraction of sp³-hybridized carbons (Fsp3) is 0.200. The SMILES string of the molecule is Cc1cc(NC(=O)c2ccco2)sc1C(=O)NCc1ccc(N(C)C)cc1. The first-order chi connectivity index (χ1) is 12.9. The van der Waals surface area contributed by atoms with Gasteiger partial charge in [-0.1, -0.05) is 12.1 Å². The number of aryl methyl sites for hydroxylation is 1. The molecule has 0 bridgehead atoms. The van der Waals surface area contributed by atoms with Crippen LogP contribution in [0.2, 0.25) is 0 Å². The molecular formula is C20H21N3O3S. The first-order valence-corrected chi connectivity index (χ1v) is 9.25. The number of hydrogen-bond acceptors (Lipinski definition) is 5. The summed E-state index contributed by atoms with van der Waals surface area (Å²) in [6, 6.07) is 13.0. The minimum absolute atomic E-state index is 0.160. The minimum Gasteiger partial charge on any atom is -0.459 e. The van der Waals surface area contributed by atoms with Crippen LogP contribution in [-0.2, 0) is 6.54 Å². The van der Waals surface area contributed by atoms with Gasteiger partial charge in [-0.25, -0.2) is 0 Å². The third-order valence-corrected chi connectivity index (χ3v) is 5.16. The maximum atomic E-state index is 12.5. The molecule has 6 nitrogen and oxygen atoms in total. The molecule has 0 saturated heterocycles. The summed E-state index contributed by atoms with van der Waals surface area (Å²) < 4.78 is 5.07. The van der Waals surface area contributed by atoms with E-state index in [1.165, 1.54) is 17.6 Å². The first-order valence-electron chi connectivity index (χ1n) is 8.44. The molecule has 2 heterocycles. The number of furan rings is 1. The van der Waals surface area contributed by atoms with Crippen molar-refractivity contribution in [2.24, 2.45) is 0 Å². The van der Waals surface area contributed by atoms with Crippen LogP contribution in [0.3, 0.4) is 0 Å². The van der Waals surface area contributed by atoms with Gasteiger partial charge in [0.15, 0.2) is 5.76 Å². The average molecular weight is 383 g/mol. The Hall–Kier alpha value is -3.06. The van der Waals surface area contributed by atoms with Gasteiger partial charge in [-0.05, 0) is 48.4 Å². The summed E-state index contributed by atoms with van der Waals surface area (Å²) in [6.07, 6.45) is 1.44. The second kappa shape index (κ2) is 8.09. The van der Waals surface area contributed by atoms with Gasteiger partial charge in [0.1, 0.15) is 0 Å². The third kappa shape index (κ3) is 4.57. The van der Waals surface area contributed by atoms with Gasteiger partial charge in [0, 0.05) is 26.3 Å². The summed E-state index contributed by atoms with van der Waals surface area (Å²) in [5.74, 6) is -0.268. The molecule has 7 heteroatoms. The molecule has 140 valence electrons. The maximum absolute atomic E-state index is 12.5. The largest absolute Gasteiger partial charge is 0.459 e. The van der Waals surface area contributed by atoms with Crippen LogP contribution in [0.4, 0.5) is 10.7 Å². The van der Waals surface area contributed by atoms with Crippen molar-refractivity contribution in [2.45, 2.75) is 13.5 Å². The van der Waals surface area contributed by atoms with Gasteiger partial charge in [-0.2, -0.15) is 0 Å². The number of anilines is 2. The summed E-state index contributed by atoms with van der Waals surface area (Å²) >= 11 is 1.24. The predicted molar refractivity (Wildman–Crippen MR) is 108 cm³/mol. The molecular weight excluding hydrogens is 362 g/mol. The molecule has 0 atom stereocenters. The van der Waals surface area contributed by atoms with E-state index in [9.17, 15) is 9.59 Å². The molecule has 2 aromatic heterocycles. The van der Waals surface area contributed by atoms with Crippen molar-refractivity contribution in [3.63, 3.8) is 0 Å². The van der Waals surface area contributed by atoms with E-state index in [-0.39, 0.29) is 17.6 Å². The van der Waals surface area contributed by atoms with Crippen molar-refractivity contribution in [1.29, 1.82) is 0 Å². The standard InChI is InChI=1S/C20H21N3O3S/c1-13-11-17(22-19(24)16-5-4-10-26-16)27-18(13)20(25)21-12-14-6-8-15(9-7-14)23(2)3/h4-11H,12H2,1-3H3,(H,21,25)(H,22,24). The zero-order valence-corrected chi connectivity index (χ0v) is 16.2. The number of benzene rings is 1. The van der Waals surface area contributed by atoms with Crippen molar-refractivity contribution >= 4 is 33.8 Å². The van der Waals surface area contributed by atoms with Crippen LogP contribution in [0, 0.1) is 6.92 Å². The van der Waals surface area contributed by atoms with Gasteiger partial charge in [0.05, 0.1) is 16.1 Å². The van der Waals surface area contributed by atoms with Crippen LogP contribution < -0.4 is 15.5 Å². The Labute approximate surface area is 161 Å². The number of nitrogens with zero attached hydrogens (tertiary/aromatic N) is 1. The van der Waals surface area contributed by atoms with E-state index < -0.39 is 0 Å². The smallest absolute Gasteiger partial charge is 0.291 e. The molecule has 27 heavy (non-hydrogen) atoms. The number of thiophene rings is 1. The number of nitrogens with one attached hydrogen (secondary N) is 2. The Bertz CT molecular complexity index is 928. The highest BCUT2D eigenvalue weighted by Crippen LogP contribution is 2.27. The van der Waals surface area contributed by atoms with Gasteiger partial charge in [0.25, 0.3) is 11.8 Å². The molecule has 0 fully saturated rings. The summed E-state index contributed by atoms with van der Waals surface area (Å²) in [6.45, 7) is 2.29. The van der Waals surface area contributed by atoms with Crippen LogP contribution in [0.15, 0.2) is 53.1 Å². The number of amides is 2. The van der Waals surface area contributed by atoms with E-state index in [0.29, 0.717) is 16.4 Å². The van der Waals surface area contributed by atoms with E-state index in [4.69, 9.17) is 4.42 Å². The van der Waals surface area contributed by atoms with E-state index >= 15 is 0 Å². The van der Waals surface area contributed by atoms with Gasteiger partial charge >= 0.3 is 0 Å². The van der Waals surface area contributed by atoms with Gasteiger partial charge in [-0.3, -0.25) is 9.59 Å². The second-order valence-corrected chi connectivity index (χ2v) is 7.35. The molecule has 0 unspecified atom stereocenters. The first kappa shape index (κ1) is 18.7. The highest BCUT2D eigenvalue weighted by atomic mass is 32.1. The molecule has 0 aliphatic carbocycles. The van der Waals surface area contributed by atoms with Crippen LogP contribution in [0.25, 0.3) is 0 Å². The lowest BCUT2D eigenvalue weighted by atomic mass is 10.2. The second-order valence-electron chi connectivity index (χ2n) is 6.30. The monoisotopic (exact) mass is 383 g/mol. The highest BCUT2D eigenvalue weighted by Gasteiger charge is 2.16. The lowest BCUT2D eigenvalue weighted by Gasteiger charge is -2.12. The molecule has 3 aromatic rings. The van der Waals surface area contributed by atoms with E-state index in [2.05, 4.69) is 10.6 Å². The van der Waals surface area contributed by atoms with Crippen molar-refractivity contribution in [1.82, 2.24) is 5.32 Å². The quantitative estimate of drug-likeness (QED) is 0.677. The Morgan fingerprint density at radius 2 is 1.85 bits per heavy atom. The van der Waals surface area contributed by atoms with Crippen molar-refractivity contribution in [3.05, 3.63) is 70.5 Å². The van der Waals surface area contributed by atoms with Crippen LogP contribution >= 0.6 is 11.3 Å². The molecule has 0 spiro atoms. The fourth-order valence-corrected chi connectivity index (χ4v) is 3.51. The molecule has 0 aliphatic rings. The van der Waals surface area contributed by atoms with Crippen LogP contribution in [0.5, 0.6) is 0 Å². The maximum Gasteiger partial charge on any atom is 0.291 e. The van der Waals surface area contributed by atoms with Gasteiger partial charge < -0.3 is 20.0 Å². The molecule has 2 amide bonds. The Kier molecular flexibility index (Phi) is 5.61. The fourth-order valence-electron chi connectivity index (χ4n) is 2.52. The Balaban J connectivity index is 1.61. The average Bonchev–Trinajstić information content (AvgIpc) is 3.30. The van der Waals surface area contributed by atoms with Crippen molar-refractivity contribution < 1.29 is 14.0 Å². The van der Waals surface area contributed by atoms with E-state index in [1.54, 1.807) is 18.2 Å². The number of carbonyl (C=O) groups is 2. The van der Waals surface area contributed by atoms with Crippen molar-refractivity contribution in [3.8, 4) is 0 Å². The Morgan fingerprint density at radius 1 is 1.11 bits per heavy atom. The lowest BCUT2D eigenvalue weighted by molar-refractivity contribution is 0.0953. The summed E-state index contributed by atoms with van der Waals surface area (Å²) in [7, 11) is 3.97. The normalized spacial score (nSPS) is 10.5. The topological polar surface area (TPSA) is 74.6 Å². The Morgan fingerprint density at radius 3 is 2.48 bits per heavy atom. The number of carbonyl (C=O) groups excluding carboxylic acids is 2. The lowest BCUT2D eigenvalue weighted by Crippen LogP contribution is -2.22. The van der Waals surface area contributed by atoms with Gasteiger partial charge in [-0.15, -0.1) is 11.3 Å². The van der Waals surface area contributed by atoms with Gasteiger partial charge in [0.2, 0.25) is 0 Å². The van der Waals surface area contributed by atoms with Crippen LogP contribution in [-0.4, -0.2) is 25.9 Å². The summed E-state index contributed by atoms with van der Waals surface area (Å²) in [5.41, 5.74) is 2.95. The third-order valence-electron chi connectivity index (χ3n) is 4.01. The summed E-state index contributed by atoms with van der Waals surface area (Å²) in [5, 5.41) is 6.28. The molecule has 2 N–H and O–H groups in total. The molecule has 3 rings (SSSR count). The van der Waals surface area contributed by atoms with Crippen LogP contribution in [0.1, 0.15) is 31.4 Å². The predicted octanol–water partition coefficient (Wildman–Crippen LogP) is 3.90. The number of hydrogen-bond donors (Lipinski definition) is 2. The molecule has 0 saturated carbocycles. The molecule has 0 aliphatic heterocycles.